The average molecular weight is 205 g/mol. The molecule has 1 unspecified atom stereocenters. The van der Waals surface area contributed by atoms with Crippen LogP contribution in [-0.4, -0.2) is 16.3 Å². The normalized spacial score (nSPS) is 26.3. The topological polar surface area (TPSA) is 12.4 Å². The Morgan fingerprint density at radius 3 is 2.64 bits per heavy atom. The molecule has 0 saturated heterocycles. The van der Waals surface area contributed by atoms with E-state index in [-0.39, 0.29) is 4.87 Å². The molecule has 0 saturated carbocycles. The zero-order chi connectivity index (χ0) is 10.0. The number of rotatable bonds is 2. The van der Waals surface area contributed by atoms with Gasteiger partial charge in [-0.2, -0.15) is 0 Å². The van der Waals surface area contributed by atoms with Crippen molar-refractivity contribution in [3.05, 3.63) is 35.9 Å². The number of benzene rings is 1. The van der Waals surface area contributed by atoms with Gasteiger partial charge in [0.15, 0.2) is 0 Å². The monoisotopic (exact) mass is 205 g/mol. The lowest BCUT2D eigenvalue weighted by atomic mass is 10.1. The highest BCUT2D eigenvalue weighted by atomic mass is 32.2. The molecule has 1 aliphatic rings. The van der Waals surface area contributed by atoms with Gasteiger partial charge in [-0.3, -0.25) is 4.99 Å². The van der Waals surface area contributed by atoms with E-state index in [1.165, 1.54) is 11.3 Å². The first-order valence-electron chi connectivity index (χ1n) is 5.01. The van der Waals surface area contributed by atoms with Crippen LogP contribution in [-0.2, 0) is 0 Å². The molecule has 14 heavy (non-hydrogen) atoms. The molecule has 0 radical (unpaired) electrons. The molecule has 1 aromatic rings. The van der Waals surface area contributed by atoms with Crippen LogP contribution in [0.25, 0.3) is 0 Å². The second-order valence-electron chi connectivity index (χ2n) is 3.74. The van der Waals surface area contributed by atoms with Gasteiger partial charge in [0.05, 0.1) is 5.71 Å². The van der Waals surface area contributed by atoms with Crippen molar-refractivity contribution in [1.82, 2.24) is 0 Å². The Labute approximate surface area is 89.6 Å². The first-order chi connectivity index (χ1) is 6.73. The van der Waals surface area contributed by atoms with Crippen molar-refractivity contribution in [2.75, 3.05) is 5.75 Å². The van der Waals surface area contributed by atoms with Crippen molar-refractivity contribution in [3.8, 4) is 0 Å². The van der Waals surface area contributed by atoms with E-state index < -0.39 is 0 Å². The fourth-order valence-electron chi connectivity index (χ4n) is 1.53. The molecule has 0 amide bonds. The van der Waals surface area contributed by atoms with Gasteiger partial charge in [-0.05, 0) is 18.9 Å². The Kier molecular flexibility index (Phi) is 2.64. The number of hydrogen-bond acceptors (Lipinski definition) is 2. The number of thioether (sulfide) groups is 1. The third-order valence-corrected chi connectivity index (χ3v) is 4.07. The van der Waals surface area contributed by atoms with Crippen LogP contribution in [0, 0.1) is 0 Å². The lowest BCUT2D eigenvalue weighted by Crippen LogP contribution is -2.10. The van der Waals surface area contributed by atoms with E-state index in [0.717, 1.165) is 12.2 Å². The molecule has 0 aromatic heterocycles. The first-order valence-corrected chi connectivity index (χ1v) is 6.00. The van der Waals surface area contributed by atoms with Gasteiger partial charge in [0.1, 0.15) is 4.87 Å². The molecule has 1 nitrogen and oxygen atoms in total. The van der Waals surface area contributed by atoms with Gasteiger partial charge >= 0.3 is 0 Å². The summed E-state index contributed by atoms with van der Waals surface area (Å²) in [5.41, 5.74) is 2.53. The summed E-state index contributed by atoms with van der Waals surface area (Å²) in [6.45, 7) is 4.41. The SMILES string of the molecule is CCC1(C)N=C(c2ccccc2)CS1. The summed E-state index contributed by atoms with van der Waals surface area (Å²) in [4.78, 5) is 4.90. The summed E-state index contributed by atoms with van der Waals surface area (Å²) >= 11 is 1.94. The molecule has 1 atom stereocenters. The van der Waals surface area contributed by atoms with E-state index >= 15 is 0 Å². The van der Waals surface area contributed by atoms with Gasteiger partial charge in [0.2, 0.25) is 0 Å². The Hall–Kier alpha value is -0.760. The van der Waals surface area contributed by atoms with E-state index in [2.05, 4.69) is 38.1 Å². The van der Waals surface area contributed by atoms with E-state index in [1.54, 1.807) is 0 Å². The third kappa shape index (κ3) is 1.85. The number of aliphatic imine (C=N–C) groups is 1. The van der Waals surface area contributed by atoms with Crippen LogP contribution in [0.1, 0.15) is 25.8 Å². The third-order valence-electron chi connectivity index (χ3n) is 2.65. The summed E-state index contributed by atoms with van der Waals surface area (Å²) in [7, 11) is 0. The standard InChI is InChI=1S/C12H15NS/c1-3-12(2)13-11(9-14-12)10-7-5-4-6-8-10/h4-8H,3,9H2,1-2H3. The van der Waals surface area contributed by atoms with Gasteiger partial charge in [-0.15, -0.1) is 11.8 Å². The Morgan fingerprint density at radius 2 is 2.07 bits per heavy atom. The molecule has 1 aromatic carbocycles. The van der Waals surface area contributed by atoms with E-state index in [1.807, 2.05) is 17.8 Å². The smallest absolute Gasteiger partial charge is 0.103 e. The van der Waals surface area contributed by atoms with Crippen LogP contribution in [0.2, 0.25) is 0 Å². The molecular formula is C12H15NS. The maximum atomic E-state index is 4.79. The summed E-state index contributed by atoms with van der Waals surface area (Å²) in [5.74, 6) is 1.05. The zero-order valence-electron chi connectivity index (χ0n) is 8.66. The van der Waals surface area contributed by atoms with Gasteiger partial charge in [0.25, 0.3) is 0 Å². The molecule has 74 valence electrons. The Morgan fingerprint density at radius 1 is 1.36 bits per heavy atom. The van der Waals surface area contributed by atoms with E-state index in [4.69, 9.17) is 4.99 Å². The van der Waals surface area contributed by atoms with Crippen LogP contribution < -0.4 is 0 Å². The molecular weight excluding hydrogens is 190 g/mol. The molecule has 1 heterocycles. The maximum Gasteiger partial charge on any atom is 0.103 e. The van der Waals surface area contributed by atoms with Crippen molar-refractivity contribution in [3.63, 3.8) is 0 Å². The highest BCUT2D eigenvalue weighted by molar-refractivity contribution is 8.01. The summed E-state index contributed by atoms with van der Waals surface area (Å²) < 4.78 is 0. The van der Waals surface area contributed by atoms with Gasteiger partial charge < -0.3 is 0 Å². The molecule has 1 aliphatic heterocycles. The van der Waals surface area contributed by atoms with E-state index in [0.29, 0.717) is 0 Å². The summed E-state index contributed by atoms with van der Waals surface area (Å²) in [6, 6.07) is 10.5. The van der Waals surface area contributed by atoms with Gasteiger partial charge in [0, 0.05) is 5.75 Å². The van der Waals surface area contributed by atoms with Gasteiger partial charge in [-0.1, -0.05) is 37.3 Å². The second-order valence-corrected chi connectivity index (χ2v) is 5.20. The molecule has 0 fully saturated rings. The van der Waals surface area contributed by atoms with Crippen LogP contribution in [0.3, 0.4) is 0 Å². The molecule has 2 heteroatoms. The predicted octanol–water partition coefficient (Wildman–Crippen LogP) is 3.35. The molecule has 0 N–H and O–H groups in total. The predicted molar refractivity (Wildman–Crippen MR) is 64.1 cm³/mol. The van der Waals surface area contributed by atoms with Crippen molar-refractivity contribution in [1.29, 1.82) is 0 Å². The van der Waals surface area contributed by atoms with Crippen molar-refractivity contribution in [2.45, 2.75) is 25.1 Å². The summed E-state index contributed by atoms with van der Waals surface area (Å²) in [5, 5.41) is 0. The minimum absolute atomic E-state index is 0.116. The molecule has 2 rings (SSSR count). The highest BCUT2D eigenvalue weighted by Gasteiger charge is 2.28. The fourth-order valence-corrected chi connectivity index (χ4v) is 2.59. The van der Waals surface area contributed by atoms with Crippen molar-refractivity contribution in [2.24, 2.45) is 4.99 Å². The average Bonchev–Trinajstić information content (AvgIpc) is 2.63. The second kappa shape index (κ2) is 3.77. The lowest BCUT2D eigenvalue weighted by molar-refractivity contribution is 0.663. The van der Waals surface area contributed by atoms with E-state index in [9.17, 15) is 0 Å². The van der Waals surface area contributed by atoms with Crippen LogP contribution in [0.4, 0.5) is 0 Å². The fraction of sp³-hybridized carbons (Fsp3) is 0.417. The summed E-state index contributed by atoms with van der Waals surface area (Å²) in [6.07, 6.45) is 1.11. The Bertz CT molecular complexity index is 345. The van der Waals surface area contributed by atoms with Crippen LogP contribution in [0.5, 0.6) is 0 Å². The zero-order valence-corrected chi connectivity index (χ0v) is 9.47. The number of hydrogen-bond donors (Lipinski definition) is 0. The molecule has 0 aliphatic carbocycles. The van der Waals surface area contributed by atoms with Crippen LogP contribution in [0.15, 0.2) is 35.3 Å². The number of nitrogens with zero attached hydrogens (tertiary/aromatic N) is 1. The minimum Gasteiger partial charge on any atom is -0.271 e. The largest absolute Gasteiger partial charge is 0.271 e. The lowest BCUT2D eigenvalue weighted by Gasteiger charge is -2.15. The van der Waals surface area contributed by atoms with Crippen molar-refractivity contribution >= 4 is 17.5 Å². The quantitative estimate of drug-likeness (QED) is 0.721. The molecule has 0 spiro atoms. The Balaban J connectivity index is 2.27. The highest BCUT2D eigenvalue weighted by Crippen LogP contribution is 2.36. The maximum absolute atomic E-state index is 4.79. The minimum atomic E-state index is 0.116. The van der Waals surface area contributed by atoms with Crippen LogP contribution >= 0.6 is 11.8 Å². The van der Waals surface area contributed by atoms with Crippen molar-refractivity contribution < 1.29 is 0 Å². The first kappa shape index (κ1) is 9.78. The van der Waals surface area contributed by atoms with Gasteiger partial charge in [-0.25, -0.2) is 0 Å². The molecule has 0 bridgehead atoms.